The monoisotopic (exact) mass is 326 g/mol. The van der Waals surface area contributed by atoms with Crippen LogP contribution in [-0.4, -0.2) is 44.2 Å². The highest BCUT2D eigenvalue weighted by molar-refractivity contribution is 5.87. The van der Waals surface area contributed by atoms with Crippen molar-refractivity contribution in [3.05, 3.63) is 12.2 Å². The molecule has 1 heterocycles. The summed E-state index contributed by atoms with van der Waals surface area (Å²) in [4.78, 5) is 23.2. The van der Waals surface area contributed by atoms with Gasteiger partial charge in [-0.05, 0) is 32.6 Å². The predicted molar refractivity (Wildman–Crippen MR) is 82.5 cm³/mol. The molecule has 1 saturated heterocycles. The van der Waals surface area contributed by atoms with Crippen LogP contribution < -0.4 is 0 Å². The van der Waals surface area contributed by atoms with Crippen molar-refractivity contribution in [3.8, 4) is 0 Å². The lowest BCUT2D eigenvalue weighted by atomic mass is 9.84. The number of methoxy groups -OCH3 is 1. The van der Waals surface area contributed by atoms with Crippen LogP contribution in [0.15, 0.2) is 12.2 Å². The minimum atomic E-state index is -1.00. The number of rotatable bonds is 6. The van der Waals surface area contributed by atoms with E-state index in [2.05, 4.69) is 6.58 Å². The Kier molecular flexibility index (Phi) is 6.33. The van der Waals surface area contributed by atoms with Gasteiger partial charge in [0.05, 0.1) is 12.5 Å². The van der Waals surface area contributed by atoms with Gasteiger partial charge in [0.25, 0.3) is 0 Å². The molecule has 0 N–H and O–H groups in total. The van der Waals surface area contributed by atoms with E-state index in [9.17, 15) is 9.59 Å². The van der Waals surface area contributed by atoms with Gasteiger partial charge in [0.15, 0.2) is 18.2 Å². The summed E-state index contributed by atoms with van der Waals surface area (Å²) in [5, 5.41) is 0. The summed E-state index contributed by atoms with van der Waals surface area (Å²) in [7, 11) is 1.54. The fourth-order valence-corrected chi connectivity index (χ4v) is 3.15. The minimum Gasteiger partial charge on any atom is -0.454 e. The van der Waals surface area contributed by atoms with E-state index in [1.165, 1.54) is 0 Å². The molecule has 0 spiro atoms. The van der Waals surface area contributed by atoms with E-state index in [4.69, 9.17) is 18.9 Å². The summed E-state index contributed by atoms with van der Waals surface area (Å²) in [6.45, 7) is 5.71. The van der Waals surface area contributed by atoms with Crippen molar-refractivity contribution in [1.82, 2.24) is 0 Å². The standard InChI is InChI=1S/C17H26O6/c1-12(2)15(19)22-14-8-6-10-21-16(14)23-17(20-3)9-5-4-7-13(17)11-18/h11,13-14,16H,1,4-10H2,2-3H3. The largest absolute Gasteiger partial charge is 0.454 e. The third-order valence-electron chi connectivity index (χ3n) is 4.51. The van der Waals surface area contributed by atoms with Gasteiger partial charge in [0, 0.05) is 19.1 Å². The van der Waals surface area contributed by atoms with Crippen molar-refractivity contribution in [1.29, 1.82) is 0 Å². The van der Waals surface area contributed by atoms with Gasteiger partial charge in [-0.1, -0.05) is 13.0 Å². The van der Waals surface area contributed by atoms with Crippen LogP contribution in [0.25, 0.3) is 0 Å². The first-order valence-electron chi connectivity index (χ1n) is 8.19. The topological polar surface area (TPSA) is 71.1 Å². The first-order valence-corrected chi connectivity index (χ1v) is 8.19. The molecule has 23 heavy (non-hydrogen) atoms. The summed E-state index contributed by atoms with van der Waals surface area (Å²) >= 11 is 0. The predicted octanol–water partition coefficient (Wildman–Crippen LogP) is 2.36. The Balaban J connectivity index is 2.11. The second-order valence-corrected chi connectivity index (χ2v) is 6.23. The second-order valence-electron chi connectivity index (χ2n) is 6.23. The zero-order valence-electron chi connectivity index (χ0n) is 13.9. The molecule has 0 aromatic heterocycles. The van der Waals surface area contributed by atoms with Crippen molar-refractivity contribution >= 4 is 12.3 Å². The van der Waals surface area contributed by atoms with E-state index >= 15 is 0 Å². The van der Waals surface area contributed by atoms with Crippen molar-refractivity contribution in [2.75, 3.05) is 13.7 Å². The van der Waals surface area contributed by atoms with Crippen LogP contribution >= 0.6 is 0 Å². The van der Waals surface area contributed by atoms with Gasteiger partial charge in [0.2, 0.25) is 0 Å². The Morgan fingerprint density at radius 3 is 2.74 bits per heavy atom. The molecule has 0 aromatic rings. The molecule has 2 aliphatic rings. The number of carbonyl (C=O) groups is 2. The average Bonchev–Trinajstić information content (AvgIpc) is 2.56. The van der Waals surface area contributed by atoms with E-state index < -0.39 is 24.2 Å². The molecular weight excluding hydrogens is 300 g/mol. The molecule has 2 rings (SSSR count). The van der Waals surface area contributed by atoms with Crippen LogP contribution in [0.1, 0.15) is 45.4 Å². The fraction of sp³-hybridized carbons (Fsp3) is 0.765. The molecule has 6 heteroatoms. The number of ether oxygens (including phenoxy) is 4. The smallest absolute Gasteiger partial charge is 0.333 e. The number of carbonyl (C=O) groups excluding carboxylic acids is 2. The molecule has 0 amide bonds. The lowest BCUT2D eigenvalue weighted by Crippen LogP contribution is -2.52. The van der Waals surface area contributed by atoms with Gasteiger partial charge < -0.3 is 23.7 Å². The number of aldehydes is 1. The third kappa shape index (κ3) is 4.19. The molecule has 0 bridgehead atoms. The van der Waals surface area contributed by atoms with Crippen LogP contribution in [0, 0.1) is 5.92 Å². The van der Waals surface area contributed by atoms with E-state index in [0.29, 0.717) is 25.0 Å². The molecule has 130 valence electrons. The maximum absolute atomic E-state index is 11.8. The Bertz CT molecular complexity index is 448. The second kappa shape index (κ2) is 8.04. The summed E-state index contributed by atoms with van der Waals surface area (Å²) < 4.78 is 22.8. The summed E-state index contributed by atoms with van der Waals surface area (Å²) in [5.74, 6) is -1.81. The highest BCUT2D eigenvalue weighted by atomic mass is 16.8. The Hall–Kier alpha value is -1.24. The highest BCUT2D eigenvalue weighted by Gasteiger charge is 2.46. The molecule has 0 radical (unpaired) electrons. The van der Waals surface area contributed by atoms with Crippen molar-refractivity contribution in [2.45, 2.75) is 63.6 Å². The summed E-state index contributed by atoms with van der Waals surface area (Å²) in [6, 6.07) is 0. The SMILES string of the molecule is C=C(C)C(=O)OC1CCCOC1OC1(OC)CCCCC1C=O. The van der Waals surface area contributed by atoms with E-state index in [-0.39, 0.29) is 5.92 Å². The van der Waals surface area contributed by atoms with Crippen LogP contribution in [-0.2, 0) is 28.5 Å². The average molecular weight is 326 g/mol. The Morgan fingerprint density at radius 2 is 2.09 bits per heavy atom. The highest BCUT2D eigenvalue weighted by Crippen LogP contribution is 2.39. The van der Waals surface area contributed by atoms with E-state index in [1.54, 1.807) is 14.0 Å². The van der Waals surface area contributed by atoms with Crippen molar-refractivity contribution < 1.29 is 28.5 Å². The molecule has 4 atom stereocenters. The molecular formula is C17H26O6. The van der Waals surface area contributed by atoms with Crippen LogP contribution in [0.3, 0.4) is 0 Å². The molecule has 1 aliphatic heterocycles. The fourth-order valence-electron chi connectivity index (χ4n) is 3.15. The van der Waals surface area contributed by atoms with Gasteiger partial charge in [-0.2, -0.15) is 0 Å². The summed E-state index contributed by atoms with van der Waals surface area (Å²) in [5.41, 5.74) is 0.333. The third-order valence-corrected chi connectivity index (χ3v) is 4.51. The van der Waals surface area contributed by atoms with Crippen LogP contribution in [0.2, 0.25) is 0 Å². The quantitative estimate of drug-likeness (QED) is 0.323. The van der Waals surface area contributed by atoms with Gasteiger partial charge in [-0.15, -0.1) is 0 Å². The minimum absolute atomic E-state index is 0.333. The lowest BCUT2D eigenvalue weighted by Gasteiger charge is -2.44. The maximum Gasteiger partial charge on any atom is 0.333 e. The molecule has 6 nitrogen and oxygen atoms in total. The molecule has 1 saturated carbocycles. The molecule has 2 fully saturated rings. The van der Waals surface area contributed by atoms with Crippen molar-refractivity contribution in [2.24, 2.45) is 5.92 Å². The first kappa shape index (κ1) is 18.1. The summed E-state index contributed by atoms with van der Waals surface area (Å²) in [6.07, 6.45) is 4.30. The number of hydrogen-bond acceptors (Lipinski definition) is 6. The number of hydrogen-bond donors (Lipinski definition) is 0. The normalized spacial score (nSPS) is 34.6. The Labute approximate surface area is 137 Å². The Morgan fingerprint density at radius 1 is 1.30 bits per heavy atom. The lowest BCUT2D eigenvalue weighted by molar-refractivity contribution is -0.348. The number of esters is 1. The first-order chi connectivity index (χ1) is 11.0. The molecule has 0 aromatic carbocycles. The van der Waals surface area contributed by atoms with Crippen LogP contribution in [0.4, 0.5) is 0 Å². The van der Waals surface area contributed by atoms with Gasteiger partial charge in [-0.25, -0.2) is 4.79 Å². The van der Waals surface area contributed by atoms with E-state index in [0.717, 1.165) is 32.0 Å². The van der Waals surface area contributed by atoms with E-state index in [1.807, 2.05) is 0 Å². The molecule has 4 unspecified atom stereocenters. The van der Waals surface area contributed by atoms with Gasteiger partial charge in [-0.3, -0.25) is 0 Å². The van der Waals surface area contributed by atoms with Gasteiger partial charge >= 0.3 is 5.97 Å². The van der Waals surface area contributed by atoms with Crippen LogP contribution in [0.5, 0.6) is 0 Å². The zero-order chi connectivity index (χ0) is 16.9. The van der Waals surface area contributed by atoms with Gasteiger partial charge in [0.1, 0.15) is 6.29 Å². The maximum atomic E-state index is 11.8. The van der Waals surface area contributed by atoms with Crippen molar-refractivity contribution in [3.63, 3.8) is 0 Å². The zero-order valence-corrected chi connectivity index (χ0v) is 13.9. The molecule has 1 aliphatic carbocycles.